The smallest absolute Gasteiger partial charge is 0.201 e. The molecule has 1 fully saturated rings. The highest BCUT2D eigenvalue weighted by Gasteiger charge is 2.24. The van der Waals surface area contributed by atoms with Crippen molar-refractivity contribution in [3.63, 3.8) is 0 Å². The van der Waals surface area contributed by atoms with Crippen LogP contribution in [0, 0.1) is 13.8 Å². The van der Waals surface area contributed by atoms with Gasteiger partial charge in [-0.15, -0.1) is 0 Å². The highest BCUT2D eigenvalue weighted by atomic mass is 14.9. The summed E-state index contributed by atoms with van der Waals surface area (Å²) in [6.07, 6.45) is 7.89. The van der Waals surface area contributed by atoms with Gasteiger partial charge in [0, 0.05) is 17.2 Å². The van der Waals surface area contributed by atoms with Crippen LogP contribution in [0.15, 0.2) is 30.5 Å². The maximum absolute atomic E-state index is 2.40. The van der Waals surface area contributed by atoms with Gasteiger partial charge < -0.3 is 0 Å². The molecule has 1 aliphatic rings. The average Bonchev–Trinajstić information content (AvgIpc) is 3.02. The fourth-order valence-corrected chi connectivity index (χ4v) is 4.12. The van der Waals surface area contributed by atoms with Crippen molar-refractivity contribution < 1.29 is 4.57 Å². The molecule has 0 unspecified atom stereocenters. The highest BCUT2D eigenvalue weighted by Crippen LogP contribution is 2.36. The van der Waals surface area contributed by atoms with Gasteiger partial charge in [0.25, 0.3) is 0 Å². The molecule has 128 valence electrons. The molecule has 1 nitrogen and oxygen atoms in total. The highest BCUT2D eigenvalue weighted by molar-refractivity contribution is 5.63. The molecule has 0 saturated heterocycles. The molecule has 0 amide bonds. The van der Waals surface area contributed by atoms with Crippen LogP contribution in [0.4, 0.5) is 0 Å². The summed E-state index contributed by atoms with van der Waals surface area (Å²) >= 11 is 0. The fourth-order valence-electron chi connectivity index (χ4n) is 4.12. The third kappa shape index (κ3) is 3.27. The van der Waals surface area contributed by atoms with Gasteiger partial charge in [0.15, 0.2) is 6.20 Å². The molecular formula is C23H32N+. The van der Waals surface area contributed by atoms with Crippen LogP contribution in [0.2, 0.25) is 0 Å². The van der Waals surface area contributed by atoms with Gasteiger partial charge in [0.05, 0.1) is 0 Å². The van der Waals surface area contributed by atoms with Gasteiger partial charge in [-0.05, 0) is 60.8 Å². The molecule has 0 spiro atoms. The Labute approximate surface area is 147 Å². The lowest BCUT2D eigenvalue weighted by Crippen LogP contribution is -2.32. The quantitative estimate of drug-likeness (QED) is 0.620. The van der Waals surface area contributed by atoms with Crippen LogP contribution < -0.4 is 4.57 Å². The number of benzene rings is 1. The maximum atomic E-state index is 2.40. The molecule has 0 atom stereocenters. The topological polar surface area (TPSA) is 3.88 Å². The summed E-state index contributed by atoms with van der Waals surface area (Å²) in [7, 11) is 2.20. The molecular weight excluding hydrogens is 290 g/mol. The summed E-state index contributed by atoms with van der Waals surface area (Å²) < 4.78 is 2.33. The monoisotopic (exact) mass is 322 g/mol. The molecule has 0 radical (unpaired) electrons. The Hall–Kier alpha value is -1.63. The molecule has 1 aliphatic carbocycles. The number of aromatic nitrogens is 1. The molecule has 1 aromatic carbocycles. The van der Waals surface area contributed by atoms with Crippen LogP contribution in [0.25, 0.3) is 11.3 Å². The summed E-state index contributed by atoms with van der Waals surface area (Å²) in [4.78, 5) is 0. The minimum Gasteiger partial charge on any atom is -0.201 e. The lowest BCUT2D eigenvalue weighted by atomic mass is 9.85. The molecule has 1 heteroatoms. The first-order valence-electron chi connectivity index (χ1n) is 9.39. The number of hydrogen-bond donors (Lipinski definition) is 0. The Morgan fingerprint density at radius 2 is 1.62 bits per heavy atom. The van der Waals surface area contributed by atoms with E-state index >= 15 is 0 Å². The SMILES string of the molecule is Cc1cc(C(C)(C)C)ccc1-c1cc(C)c(C2CCCC2)c[n+]1C. The number of nitrogens with zero attached hydrogens (tertiary/aromatic N) is 1. The van der Waals surface area contributed by atoms with Crippen molar-refractivity contribution in [2.75, 3.05) is 0 Å². The Bertz CT molecular complexity index is 743. The summed E-state index contributed by atoms with van der Waals surface area (Å²) in [5, 5.41) is 0. The normalized spacial score (nSPS) is 15.9. The third-order valence-electron chi connectivity index (χ3n) is 5.68. The van der Waals surface area contributed by atoms with E-state index in [0.717, 1.165) is 5.92 Å². The second kappa shape index (κ2) is 6.35. The van der Waals surface area contributed by atoms with Gasteiger partial charge in [-0.2, -0.15) is 0 Å². The second-order valence-electron chi connectivity index (χ2n) is 8.67. The first kappa shape index (κ1) is 17.2. The van der Waals surface area contributed by atoms with Gasteiger partial charge in [-0.25, -0.2) is 4.57 Å². The van der Waals surface area contributed by atoms with Crippen LogP contribution in [0.5, 0.6) is 0 Å². The number of aryl methyl sites for hydroxylation is 3. The van der Waals surface area contributed by atoms with Crippen molar-refractivity contribution in [2.45, 2.75) is 71.6 Å². The van der Waals surface area contributed by atoms with E-state index in [1.807, 2.05) is 0 Å². The molecule has 0 N–H and O–H groups in total. The molecule has 2 aromatic rings. The Morgan fingerprint density at radius 3 is 2.21 bits per heavy atom. The minimum atomic E-state index is 0.202. The van der Waals surface area contributed by atoms with Crippen LogP contribution in [0.1, 0.15) is 74.6 Å². The van der Waals surface area contributed by atoms with Crippen LogP contribution in [-0.4, -0.2) is 0 Å². The van der Waals surface area contributed by atoms with E-state index in [9.17, 15) is 0 Å². The Balaban J connectivity index is 2.02. The first-order chi connectivity index (χ1) is 11.3. The lowest BCUT2D eigenvalue weighted by molar-refractivity contribution is -0.661. The Kier molecular flexibility index (Phi) is 4.55. The Morgan fingerprint density at radius 1 is 0.958 bits per heavy atom. The summed E-state index contributed by atoms with van der Waals surface area (Å²) in [5.74, 6) is 0.773. The minimum absolute atomic E-state index is 0.202. The summed E-state index contributed by atoms with van der Waals surface area (Å²) in [6.45, 7) is 11.4. The van der Waals surface area contributed by atoms with Crippen molar-refractivity contribution in [2.24, 2.45) is 7.05 Å². The van der Waals surface area contributed by atoms with E-state index in [4.69, 9.17) is 0 Å². The summed E-state index contributed by atoms with van der Waals surface area (Å²) in [5.41, 5.74) is 8.67. The van der Waals surface area contributed by atoms with Crippen molar-refractivity contribution in [3.05, 3.63) is 52.7 Å². The predicted octanol–water partition coefficient (Wildman–Crippen LogP) is 5.75. The van der Waals surface area contributed by atoms with Gasteiger partial charge in [-0.1, -0.05) is 45.7 Å². The van der Waals surface area contributed by atoms with Crippen LogP contribution in [-0.2, 0) is 12.5 Å². The predicted molar refractivity (Wildman–Crippen MR) is 102 cm³/mol. The van der Waals surface area contributed by atoms with Gasteiger partial charge in [0.1, 0.15) is 7.05 Å². The van der Waals surface area contributed by atoms with Crippen molar-refractivity contribution in [1.82, 2.24) is 0 Å². The standard InChI is InChI=1S/C23H32N/c1-16-13-19(23(3,4)5)11-12-20(16)22-14-17(2)21(15-24(22)6)18-9-7-8-10-18/h11-15,18H,7-10H2,1-6H3/q+1. The van der Waals surface area contributed by atoms with Crippen molar-refractivity contribution >= 4 is 0 Å². The molecule has 1 aromatic heterocycles. The molecule has 0 aliphatic heterocycles. The van der Waals surface area contributed by atoms with Gasteiger partial charge in [-0.3, -0.25) is 0 Å². The zero-order chi connectivity index (χ0) is 17.5. The van der Waals surface area contributed by atoms with Crippen molar-refractivity contribution in [3.8, 4) is 11.3 Å². The van der Waals surface area contributed by atoms with Crippen molar-refractivity contribution in [1.29, 1.82) is 0 Å². The molecule has 24 heavy (non-hydrogen) atoms. The number of pyridine rings is 1. The average molecular weight is 323 g/mol. The van der Waals surface area contributed by atoms with Gasteiger partial charge in [0.2, 0.25) is 5.69 Å². The fraction of sp³-hybridized carbons (Fsp3) is 0.522. The molecule has 0 bridgehead atoms. The van der Waals surface area contributed by atoms with E-state index in [2.05, 4.69) is 76.7 Å². The third-order valence-corrected chi connectivity index (χ3v) is 5.68. The van der Waals surface area contributed by atoms with E-state index in [1.165, 1.54) is 53.6 Å². The zero-order valence-electron chi connectivity index (χ0n) is 16.2. The summed E-state index contributed by atoms with van der Waals surface area (Å²) in [6, 6.07) is 9.35. The van der Waals surface area contributed by atoms with E-state index < -0.39 is 0 Å². The number of rotatable bonds is 2. The maximum Gasteiger partial charge on any atom is 0.212 e. The second-order valence-corrected chi connectivity index (χ2v) is 8.67. The van der Waals surface area contributed by atoms with Gasteiger partial charge >= 0.3 is 0 Å². The van der Waals surface area contributed by atoms with E-state index in [1.54, 1.807) is 5.56 Å². The molecule has 1 saturated carbocycles. The van der Waals surface area contributed by atoms with E-state index in [-0.39, 0.29) is 5.41 Å². The lowest BCUT2D eigenvalue weighted by Gasteiger charge is -2.20. The molecule has 1 heterocycles. The number of hydrogen-bond acceptors (Lipinski definition) is 0. The van der Waals surface area contributed by atoms with E-state index in [0.29, 0.717) is 0 Å². The largest absolute Gasteiger partial charge is 0.212 e. The van der Waals surface area contributed by atoms with Crippen LogP contribution >= 0.6 is 0 Å². The molecule has 3 rings (SSSR count). The zero-order valence-corrected chi connectivity index (χ0v) is 16.2. The first-order valence-corrected chi connectivity index (χ1v) is 9.39. The van der Waals surface area contributed by atoms with Crippen LogP contribution in [0.3, 0.4) is 0 Å².